The normalized spacial score (nSPS) is 40.1. The molecule has 4 heteroatoms. The lowest BCUT2D eigenvalue weighted by Gasteiger charge is -2.04. The first-order valence-electron chi connectivity index (χ1n) is 2.76. The van der Waals surface area contributed by atoms with E-state index in [4.69, 9.17) is 5.84 Å². The van der Waals surface area contributed by atoms with Gasteiger partial charge in [-0.3, -0.25) is 10.2 Å². The Kier molecular flexibility index (Phi) is 1.52. The molecule has 2 atom stereocenters. The number of halogens is 1. The van der Waals surface area contributed by atoms with Gasteiger partial charge in [0.15, 0.2) is 0 Å². The van der Waals surface area contributed by atoms with Crippen molar-refractivity contribution in [2.75, 3.05) is 0 Å². The lowest BCUT2D eigenvalue weighted by atomic mass is 10.1. The molecule has 0 bridgehead atoms. The number of nitrogens with one attached hydrogen (secondary N) is 1. The topological polar surface area (TPSA) is 55.1 Å². The summed E-state index contributed by atoms with van der Waals surface area (Å²) in [5.41, 5.74) is 1.89. The molecule has 1 amide bonds. The van der Waals surface area contributed by atoms with Crippen LogP contribution in [0.5, 0.6) is 0 Å². The fraction of sp³-hybridized carbons (Fsp3) is 0.800. The lowest BCUT2D eigenvalue weighted by Crippen LogP contribution is -2.36. The minimum Gasteiger partial charge on any atom is -0.294 e. The number of hydrogen-bond acceptors (Lipinski definition) is 2. The SMILES string of the molecule is CC1(C(=O)NN)CC1Br. The van der Waals surface area contributed by atoms with Gasteiger partial charge >= 0.3 is 0 Å². The van der Waals surface area contributed by atoms with E-state index >= 15 is 0 Å². The molecule has 9 heavy (non-hydrogen) atoms. The molecular formula is C5H9BrN2O. The van der Waals surface area contributed by atoms with Crippen LogP contribution < -0.4 is 11.3 Å². The van der Waals surface area contributed by atoms with Gasteiger partial charge in [0.1, 0.15) is 0 Å². The maximum absolute atomic E-state index is 10.8. The maximum atomic E-state index is 10.8. The second-order valence-corrected chi connectivity index (χ2v) is 3.67. The van der Waals surface area contributed by atoms with Gasteiger partial charge in [0, 0.05) is 4.83 Å². The number of carbonyl (C=O) groups excluding carboxylic acids is 1. The molecule has 0 aromatic carbocycles. The number of rotatable bonds is 1. The molecule has 1 aliphatic carbocycles. The van der Waals surface area contributed by atoms with Crippen molar-refractivity contribution in [3.8, 4) is 0 Å². The van der Waals surface area contributed by atoms with Gasteiger partial charge in [0.25, 0.3) is 0 Å². The van der Waals surface area contributed by atoms with Crippen molar-refractivity contribution in [3.05, 3.63) is 0 Å². The zero-order chi connectivity index (χ0) is 7.07. The van der Waals surface area contributed by atoms with Crippen LogP contribution in [0, 0.1) is 5.41 Å². The monoisotopic (exact) mass is 192 g/mol. The van der Waals surface area contributed by atoms with Crippen molar-refractivity contribution >= 4 is 21.8 Å². The molecule has 3 N–H and O–H groups in total. The minimum absolute atomic E-state index is 0.0793. The van der Waals surface area contributed by atoms with Crippen LogP contribution in [0.25, 0.3) is 0 Å². The van der Waals surface area contributed by atoms with Crippen molar-refractivity contribution < 1.29 is 4.79 Å². The minimum atomic E-state index is -0.241. The van der Waals surface area contributed by atoms with Gasteiger partial charge in [-0.2, -0.15) is 0 Å². The number of carbonyl (C=O) groups is 1. The summed E-state index contributed by atoms with van der Waals surface area (Å²) in [5, 5.41) is 0. The largest absolute Gasteiger partial charge is 0.294 e. The van der Waals surface area contributed by atoms with Crippen molar-refractivity contribution in [2.45, 2.75) is 18.2 Å². The molecule has 0 aromatic heterocycles. The van der Waals surface area contributed by atoms with Gasteiger partial charge < -0.3 is 0 Å². The number of alkyl halides is 1. The quantitative estimate of drug-likeness (QED) is 0.269. The molecule has 1 rings (SSSR count). The van der Waals surface area contributed by atoms with Gasteiger partial charge in [0.2, 0.25) is 5.91 Å². The van der Waals surface area contributed by atoms with Crippen LogP contribution in [0.3, 0.4) is 0 Å². The zero-order valence-corrected chi connectivity index (χ0v) is 6.73. The number of hydrazine groups is 1. The van der Waals surface area contributed by atoms with E-state index in [-0.39, 0.29) is 11.3 Å². The predicted octanol–water partition coefficient (Wildman–Crippen LogP) is 0.150. The second kappa shape index (κ2) is 1.95. The second-order valence-electron chi connectivity index (χ2n) is 2.56. The van der Waals surface area contributed by atoms with Gasteiger partial charge in [-0.15, -0.1) is 0 Å². The van der Waals surface area contributed by atoms with Crippen LogP contribution >= 0.6 is 15.9 Å². The van der Waals surface area contributed by atoms with E-state index in [1.165, 1.54) is 0 Å². The summed E-state index contributed by atoms with van der Waals surface area (Å²) in [7, 11) is 0. The summed E-state index contributed by atoms with van der Waals surface area (Å²) in [6.45, 7) is 1.88. The van der Waals surface area contributed by atoms with Crippen LogP contribution in [0.1, 0.15) is 13.3 Å². The zero-order valence-electron chi connectivity index (χ0n) is 5.15. The number of nitrogens with two attached hydrogens (primary N) is 1. The van der Waals surface area contributed by atoms with Crippen LogP contribution in [-0.4, -0.2) is 10.7 Å². The highest BCUT2D eigenvalue weighted by atomic mass is 79.9. The van der Waals surface area contributed by atoms with Crippen molar-refractivity contribution in [2.24, 2.45) is 11.3 Å². The fourth-order valence-electron chi connectivity index (χ4n) is 0.713. The Balaban J connectivity index is 2.53. The van der Waals surface area contributed by atoms with Gasteiger partial charge in [-0.1, -0.05) is 15.9 Å². The summed E-state index contributed by atoms with van der Waals surface area (Å²) in [6.07, 6.45) is 0.885. The third kappa shape index (κ3) is 0.966. The third-order valence-electron chi connectivity index (χ3n) is 1.78. The summed E-state index contributed by atoms with van der Waals surface area (Å²) in [5.74, 6) is 4.86. The van der Waals surface area contributed by atoms with Crippen molar-refractivity contribution in [1.29, 1.82) is 0 Å². The van der Waals surface area contributed by atoms with Crippen LogP contribution in [0.4, 0.5) is 0 Å². The summed E-state index contributed by atoms with van der Waals surface area (Å²) < 4.78 is 0. The molecule has 0 radical (unpaired) electrons. The molecule has 52 valence electrons. The smallest absolute Gasteiger partial charge is 0.240 e. The van der Waals surface area contributed by atoms with Gasteiger partial charge in [0.05, 0.1) is 5.41 Å². The molecule has 2 unspecified atom stereocenters. The molecule has 1 fully saturated rings. The number of hydrogen-bond donors (Lipinski definition) is 2. The van der Waals surface area contributed by atoms with E-state index in [0.29, 0.717) is 4.83 Å². The third-order valence-corrected chi connectivity index (χ3v) is 3.12. The first-order valence-corrected chi connectivity index (χ1v) is 3.68. The number of amides is 1. The standard InChI is InChI=1S/C5H9BrN2O/c1-5(2-3(5)6)4(9)8-7/h3H,2,7H2,1H3,(H,8,9). The van der Waals surface area contributed by atoms with Crippen molar-refractivity contribution in [1.82, 2.24) is 5.43 Å². The Bertz CT molecular complexity index is 150. The maximum Gasteiger partial charge on any atom is 0.240 e. The summed E-state index contributed by atoms with van der Waals surface area (Å²) >= 11 is 3.33. The summed E-state index contributed by atoms with van der Waals surface area (Å²) in [6, 6.07) is 0. The molecule has 0 aliphatic heterocycles. The molecule has 0 spiro atoms. The predicted molar refractivity (Wildman–Crippen MR) is 37.8 cm³/mol. The molecular weight excluding hydrogens is 184 g/mol. The van der Waals surface area contributed by atoms with Crippen molar-refractivity contribution in [3.63, 3.8) is 0 Å². The van der Waals surface area contributed by atoms with E-state index in [1.54, 1.807) is 0 Å². The highest BCUT2D eigenvalue weighted by molar-refractivity contribution is 9.09. The molecule has 0 saturated heterocycles. The van der Waals surface area contributed by atoms with Gasteiger partial charge in [-0.05, 0) is 13.3 Å². The van der Waals surface area contributed by atoms with Gasteiger partial charge in [-0.25, -0.2) is 5.84 Å². The Morgan fingerprint density at radius 2 is 2.44 bits per heavy atom. The first-order chi connectivity index (χ1) is 4.11. The molecule has 0 heterocycles. The van der Waals surface area contributed by atoms with Crippen LogP contribution in [-0.2, 0) is 4.79 Å². The van der Waals surface area contributed by atoms with E-state index in [0.717, 1.165) is 6.42 Å². The Morgan fingerprint density at radius 1 is 2.00 bits per heavy atom. The average molecular weight is 193 g/mol. The molecule has 1 saturated carbocycles. The first kappa shape index (κ1) is 7.02. The van der Waals surface area contributed by atoms with Crippen LogP contribution in [0.2, 0.25) is 0 Å². The van der Waals surface area contributed by atoms with Crippen LogP contribution in [0.15, 0.2) is 0 Å². The van der Waals surface area contributed by atoms with E-state index in [2.05, 4.69) is 21.4 Å². The highest BCUT2D eigenvalue weighted by Crippen LogP contribution is 2.50. The van der Waals surface area contributed by atoms with E-state index in [9.17, 15) is 4.79 Å². The fourth-order valence-corrected chi connectivity index (χ4v) is 1.59. The Hall–Kier alpha value is -0.0900. The summed E-state index contributed by atoms with van der Waals surface area (Å²) in [4.78, 5) is 11.2. The molecule has 0 aromatic rings. The Morgan fingerprint density at radius 3 is 2.56 bits per heavy atom. The molecule has 3 nitrogen and oxygen atoms in total. The van der Waals surface area contributed by atoms with E-state index < -0.39 is 0 Å². The highest BCUT2D eigenvalue weighted by Gasteiger charge is 2.54. The Labute approximate surface area is 62.1 Å². The lowest BCUT2D eigenvalue weighted by molar-refractivity contribution is -0.125. The van der Waals surface area contributed by atoms with E-state index in [1.807, 2.05) is 6.92 Å². The average Bonchev–Trinajstić information content (AvgIpc) is 2.41. The molecule has 1 aliphatic rings.